The van der Waals surface area contributed by atoms with E-state index in [4.69, 9.17) is 23.7 Å². The van der Waals surface area contributed by atoms with E-state index in [-0.39, 0.29) is 36.2 Å². The molecule has 0 spiro atoms. The molecule has 1 aromatic carbocycles. The van der Waals surface area contributed by atoms with Crippen LogP contribution in [0.3, 0.4) is 0 Å². The van der Waals surface area contributed by atoms with Gasteiger partial charge in [-0.1, -0.05) is 56.7 Å². The van der Waals surface area contributed by atoms with Gasteiger partial charge in [0.15, 0.2) is 23.6 Å². The Morgan fingerprint density at radius 2 is 1.70 bits per heavy atom. The molecule has 3 fully saturated rings. The van der Waals surface area contributed by atoms with E-state index < -0.39 is 113 Å². The van der Waals surface area contributed by atoms with Gasteiger partial charge in [0, 0.05) is 37.2 Å². The summed E-state index contributed by atoms with van der Waals surface area (Å²) in [6.45, 7) is 12.0. The van der Waals surface area contributed by atoms with Gasteiger partial charge in [-0.2, -0.15) is 0 Å². The fourth-order valence-corrected chi connectivity index (χ4v) is 10.3. The summed E-state index contributed by atoms with van der Waals surface area (Å²) in [7, 11) is 0. The normalized spacial score (nSPS) is 33.6. The van der Waals surface area contributed by atoms with Crippen molar-refractivity contribution in [1.29, 1.82) is 0 Å². The van der Waals surface area contributed by atoms with Gasteiger partial charge in [-0.3, -0.25) is 19.2 Å². The molecule has 61 heavy (non-hydrogen) atoms. The maximum atomic E-state index is 15.5. The fraction of sp³-hybridized carbons (Fsp3) is 0.609. The number of aliphatic hydroxyl groups excluding tert-OH is 2. The van der Waals surface area contributed by atoms with Gasteiger partial charge in [-0.25, -0.2) is 9.59 Å². The number of ketones is 1. The van der Waals surface area contributed by atoms with Crippen LogP contribution in [0.15, 0.2) is 64.8 Å². The van der Waals surface area contributed by atoms with Crippen LogP contribution in [-0.4, -0.2) is 111 Å². The molecule has 0 radical (unpaired) electrons. The van der Waals surface area contributed by atoms with Crippen LogP contribution in [0.25, 0.3) is 0 Å². The molecule has 15 nitrogen and oxygen atoms in total. The van der Waals surface area contributed by atoms with Crippen molar-refractivity contribution in [2.24, 2.45) is 16.7 Å². The molecule has 1 aliphatic heterocycles. The van der Waals surface area contributed by atoms with Crippen molar-refractivity contribution in [3.8, 4) is 0 Å². The summed E-state index contributed by atoms with van der Waals surface area (Å²) in [6.07, 6.45) is -4.04. The molecular formula is C46H59NO14. The lowest BCUT2D eigenvalue weighted by Crippen LogP contribution is -2.82. The van der Waals surface area contributed by atoms with Gasteiger partial charge in [0.1, 0.15) is 23.9 Å². The van der Waals surface area contributed by atoms with Crippen molar-refractivity contribution in [3.05, 3.63) is 70.3 Å². The molecule has 6 rings (SSSR count). The summed E-state index contributed by atoms with van der Waals surface area (Å²) in [6, 6.07) is 6.67. The lowest BCUT2D eigenvalue weighted by molar-refractivity contribution is -0.346. The highest BCUT2D eigenvalue weighted by molar-refractivity contribution is 5.96. The standard InChI is InChI=1S/C46H59NO14/c1-9-33(50)59-36-34-25(4)30(58-42(55)35(51)29(20-24(2)3)47-40(53)27-16-12-10-13-17-27)22-46(56,43(34,6)7)39(60-41(54)28-18-14-11-15-19-28)37-44(8,38(36)52)31(49)21-32-45(37,23-57-32)61-26(5)48/h11,14-16,18-20,29-32,35-37,39,49,51,56H,9-10,12-13,17,21-23H2,1-8H3,(H,47,53)/t29-,30-,31-,32+,35+,36+,37-,39-,44+,45-,46+/m0/s1. The molecule has 4 N–H and O–H groups in total. The molecule has 0 aromatic heterocycles. The van der Waals surface area contributed by atoms with E-state index in [9.17, 15) is 39.3 Å². The first kappa shape index (κ1) is 45.8. The average Bonchev–Trinajstić information content (AvgIpc) is 3.21. The molecule has 11 atom stereocenters. The number of Topliss-reactive ketones (excluding diaryl/α,β-unsaturated/α-hetero) is 1. The van der Waals surface area contributed by atoms with E-state index >= 15 is 4.79 Å². The quantitative estimate of drug-likeness (QED) is 0.141. The number of benzene rings is 1. The number of aliphatic hydroxyl groups is 3. The van der Waals surface area contributed by atoms with E-state index in [2.05, 4.69) is 5.32 Å². The predicted molar refractivity (Wildman–Crippen MR) is 217 cm³/mol. The first-order valence-electron chi connectivity index (χ1n) is 21.1. The molecule has 1 heterocycles. The highest BCUT2D eigenvalue weighted by atomic mass is 16.6. The number of amides is 1. The highest BCUT2D eigenvalue weighted by Gasteiger charge is 2.78. The SMILES string of the molecule is CCC(=O)O[C@H]1C(=O)[C@@]2(C)[C@H]([C@H](OC(=O)c3ccccc3)[C@]3(O)C[C@H](OC(=O)[C@H](O)[C@H](C=C(C)C)NC(=O)C4=CCCCC4)C(C)=C1C3(C)C)[C@]1(OC(C)=O)CO[C@@H]1C[C@@H]2O. The third-order valence-electron chi connectivity index (χ3n) is 13.7. The van der Waals surface area contributed by atoms with E-state index in [1.54, 1.807) is 52.8 Å². The maximum absolute atomic E-state index is 15.5. The summed E-state index contributed by atoms with van der Waals surface area (Å²) in [4.78, 5) is 83.6. The molecule has 1 aromatic rings. The second-order valence-electron chi connectivity index (χ2n) is 18.1. The molecule has 5 aliphatic rings. The van der Waals surface area contributed by atoms with Crippen molar-refractivity contribution < 1.29 is 67.8 Å². The van der Waals surface area contributed by atoms with Crippen molar-refractivity contribution in [1.82, 2.24) is 5.32 Å². The number of hydrogen-bond donors (Lipinski definition) is 4. The summed E-state index contributed by atoms with van der Waals surface area (Å²) in [5.74, 6) is -6.47. The Balaban J connectivity index is 1.53. The Hall–Kier alpha value is -4.70. The van der Waals surface area contributed by atoms with Crippen LogP contribution >= 0.6 is 0 Å². The number of allylic oxidation sites excluding steroid dienone is 2. The zero-order valence-electron chi connectivity index (χ0n) is 36.1. The van der Waals surface area contributed by atoms with Crippen LogP contribution in [0.4, 0.5) is 0 Å². The fourth-order valence-electron chi connectivity index (χ4n) is 10.3. The minimum atomic E-state index is -2.36. The topological polar surface area (TPSA) is 221 Å². The zero-order chi connectivity index (χ0) is 44.8. The number of fused-ring (bicyclic) bond motifs is 5. The van der Waals surface area contributed by atoms with Crippen LogP contribution in [-0.2, 0) is 47.7 Å². The lowest BCUT2D eigenvalue weighted by Gasteiger charge is -2.67. The third-order valence-corrected chi connectivity index (χ3v) is 13.7. The van der Waals surface area contributed by atoms with Gasteiger partial charge in [0.05, 0.1) is 35.6 Å². The van der Waals surface area contributed by atoms with Crippen LogP contribution < -0.4 is 5.32 Å². The second-order valence-corrected chi connectivity index (χ2v) is 18.1. The van der Waals surface area contributed by atoms with Gasteiger partial charge < -0.3 is 44.3 Å². The van der Waals surface area contributed by atoms with Gasteiger partial charge in [-0.05, 0) is 76.7 Å². The summed E-state index contributed by atoms with van der Waals surface area (Å²) < 4.78 is 30.4. The second kappa shape index (κ2) is 17.2. The van der Waals surface area contributed by atoms with Gasteiger partial charge in [0.25, 0.3) is 0 Å². The molecule has 2 saturated carbocycles. The van der Waals surface area contributed by atoms with Gasteiger partial charge in [0.2, 0.25) is 5.91 Å². The number of esters is 4. The Morgan fingerprint density at radius 1 is 1.02 bits per heavy atom. The zero-order valence-corrected chi connectivity index (χ0v) is 36.1. The van der Waals surface area contributed by atoms with E-state index in [1.165, 1.54) is 32.1 Å². The molecule has 4 aliphatic carbocycles. The van der Waals surface area contributed by atoms with Crippen LogP contribution in [0.5, 0.6) is 0 Å². The molecule has 2 bridgehead atoms. The molecule has 0 unspecified atom stereocenters. The van der Waals surface area contributed by atoms with E-state index in [1.807, 2.05) is 6.08 Å². The molecule has 332 valence electrons. The van der Waals surface area contributed by atoms with E-state index in [0.29, 0.717) is 17.6 Å². The van der Waals surface area contributed by atoms with Crippen molar-refractivity contribution >= 4 is 35.6 Å². The number of ether oxygens (including phenoxy) is 5. The number of nitrogens with one attached hydrogen (secondary N) is 1. The summed E-state index contributed by atoms with van der Waals surface area (Å²) in [5.41, 5.74) is -6.26. The maximum Gasteiger partial charge on any atom is 0.338 e. The van der Waals surface area contributed by atoms with E-state index in [0.717, 1.165) is 26.2 Å². The summed E-state index contributed by atoms with van der Waals surface area (Å²) in [5, 5.41) is 40.1. The van der Waals surface area contributed by atoms with Crippen molar-refractivity contribution in [3.63, 3.8) is 0 Å². The average molecular weight is 850 g/mol. The molecule has 1 saturated heterocycles. The highest BCUT2D eigenvalue weighted by Crippen LogP contribution is 2.64. The number of rotatable bonds is 11. The van der Waals surface area contributed by atoms with Gasteiger partial charge in [-0.15, -0.1) is 0 Å². The number of carbonyl (C=O) groups excluding carboxylic acids is 6. The molecular weight excluding hydrogens is 790 g/mol. The largest absolute Gasteiger partial charge is 0.456 e. The smallest absolute Gasteiger partial charge is 0.338 e. The Kier molecular flexibility index (Phi) is 12.9. The van der Waals surface area contributed by atoms with Crippen LogP contribution in [0.1, 0.15) is 111 Å². The Labute approximate surface area is 355 Å². The first-order chi connectivity index (χ1) is 28.6. The molecule has 1 amide bonds. The van der Waals surface area contributed by atoms with Crippen LogP contribution in [0, 0.1) is 16.7 Å². The van der Waals surface area contributed by atoms with Crippen molar-refractivity contribution in [2.45, 2.75) is 154 Å². The summed E-state index contributed by atoms with van der Waals surface area (Å²) >= 11 is 0. The lowest BCUT2D eigenvalue weighted by atomic mass is 9.44. The minimum absolute atomic E-state index is 0.0277. The Bertz CT molecular complexity index is 2030. The third kappa shape index (κ3) is 7.98. The number of carbonyl (C=O) groups is 6. The number of hydrogen-bond acceptors (Lipinski definition) is 14. The van der Waals surface area contributed by atoms with Gasteiger partial charge >= 0.3 is 23.9 Å². The molecule has 15 heteroatoms. The Morgan fingerprint density at radius 3 is 2.28 bits per heavy atom. The predicted octanol–water partition coefficient (Wildman–Crippen LogP) is 3.91. The minimum Gasteiger partial charge on any atom is -0.456 e. The van der Waals surface area contributed by atoms with Crippen LogP contribution in [0.2, 0.25) is 0 Å². The van der Waals surface area contributed by atoms with Crippen molar-refractivity contribution in [2.75, 3.05) is 6.61 Å². The first-order valence-corrected chi connectivity index (χ1v) is 21.1. The monoisotopic (exact) mass is 849 g/mol.